The smallest absolute Gasteiger partial charge is 0.270 e. The third kappa shape index (κ3) is 3.08. The zero-order chi connectivity index (χ0) is 18.2. The number of para-hydroxylation sites is 2. The molecule has 2 aromatic carbocycles. The fraction of sp³-hybridized carbons (Fsp3) is 0.238. The van der Waals surface area contributed by atoms with Gasteiger partial charge in [0.1, 0.15) is 5.82 Å². The molecule has 0 amide bonds. The molecule has 3 heterocycles. The summed E-state index contributed by atoms with van der Waals surface area (Å²) in [5, 5.41) is 3.32. The lowest BCUT2D eigenvalue weighted by molar-refractivity contribution is 0.237. The van der Waals surface area contributed by atoms with Gasteiger partial charge in [0.05, 0.1) is 29.8 Å². The van der Waals surface area contributed by atoms with E-state index in [9.17, 15) is 4.79 Å². The van der Waals surface area contributed by atoms with Gasteiger partial charge in [-0.1, -0.05) is 42.5 Å². The molecule has 0 spiro atoms. The monoisotopic (exact) mass is 359 g/mol. The molecule has 2 aromatic heterocycles. The van der Waals surface area contributed by atoms with E-state index >= 15 is 0 Å². The first-order chi connectivity index (χ1) is 13.3. The van der Waals surface area contributed by atoms with Crippen molar-refractivity contribution in [1.29, 1.82) is 0 Å². The maximum atomic E-state index is 12.7. The molecule has 136 valence electrons. The van der Waals surface area contributed by atoms with Crippen molar-refractivity contribution in [1.82, 2.24) is 24.6 Å². The Morgan fingerprint density at radius 2 is 1.81 bits per heavy atom. The van der Waals surface area contributed by atoms with Crippen LogP contribution >= 0.6 is 0 Å². The molecule has 0 aliphatic carbocycles. The molecular formula is C21H21N5O. The molecule has 0 saturated carbocycles. The minimum Gasteiger partial charge on any atom is -0.341 e. The Bertz CT molecular complexity index is 1110. The van der Waals surface area contributed by atoms with Gasteiger partial charge in [0.2, 0.25) is 0 Å². The average Bonchev–Trinajstić information content (AvgIpc) is 3.23. The zero-order valence-corrected chi connectivity index (χ0v) is 15.0. The highest BCUT2D eigenvalue weighted by Crippen LogP contribution is 2.18. The first-order valence-corrected chi connectivity index (χ1v) is 9.27. The van der Waals surface area contributed by atoms with E-state index in [0.29, 0.717) is 6.54 Å². The number of aromatic amines is 2. The molecule has 0 unspecified atom stereocenters. The summed E-state index contributed by atoms with van der Waals surface area (Å²) in [6.07, 6.45) is 0.771. The van der Waals surface area contributed by atoms with Crippen LogP contribution in [0.2, 0.25) is 0 Å². The summed E-state index contributed by atoms with van der Waals surface area (Å²) < 4.78 is 1.73. The SMILES string of the molecule is O=c1c2c([nH]n1Cc1ccccc1)CN(Cc1nc3ccccc3[nH]1)CC2. The molecule has 6 nitrogen and oxygen atoms in total. The summed E-state index contributed by atoms with van der Waals surface area (Å²) in [4.78, 5) is 23.1. The van der Waals surface area contributed by atoms with E-state index in [1.165, 1.54) is 0 Å². The number of hydrogen-bond donors (Lipinski definition) is 2. The van der Waals surface area contributed by atoms with Gasteiger partial charge < -0.3 is 4.98 Å². The summed E-state index contributed by atoms with van der Waals surface area (Å²) in [6, 6.07) is 18.1. The normalized spacial score (nSPS) is 14.5. The number of imidazole rings is 1. The largest absolute Gasteiger partial charge is 0.341 e. The van der Waals surface area contributed by atoms with E-state index in [0.717, 1.165) is 59.7 Å². The van der Waals surface area contributed by atoms with Gasteiger partial charge in [-0.3, -0.25) is 14.8 Å². The van der Waals surface area contributed by atoms with E-state index in [1.54, 1.807) is 4.68 Å². The Balaban J connectivity index is 1.35. The third-order valence-corrected chi connectivity index (χ3v) is 5.19. The van der Waals surface area contributed by atoms with Crippen LogP contribution in [0.15, 0.2) is 59.4 Å². The van der Waals surface area contributed by atoms with E-state index < -0.39 is 0 Å². The lowest BCUT2D eigenvalue weighted by Crippen LogP contribution is -2.32. The van der Waals surface area contributed by atoms with Crippen LogP contribution in [-0.2, 0) is 26.1 Å². The van der Waals surface area contributed by atoms with Gasteiger partial charge in [-0.25, -0.2) is 9.67 Å². The second-order valence-electron chi connectivity index (χ2n) is 7.11. The molecule has 2 N–H and O–H groups in total. The molecule has 0 radical (unpaired) electrons. The van der Waals surface area contributed by atoms with Crippen LogP contribution in [0.3, 0.4) is 0 Å². The number of benzene rings is 2. The number of nitrogens with one attached hydrogen (secondary N) is 2. The molecule has 6 heteroatoms. The molecule has 5 rings (SSSR count). The number of fused-ring (bicyclic) bond motifs is 2. The quantitative estimate of drug-likeness (QED) is 0.589. The molecule has 0 bridgehead atoms. The highest BCUT2D eigenvalue weighted by atomic mass is 16.1. The molecular weight excluding hydrogens is 338 g/mol. The molecule has 1 aliphatic rings. The van der Waals surface area contributed by atoms with Crippen molar-refractivity contribution in [2.45, 2.75) is 26.1 Å². The summed E-state index contributed by atoms with van der Waals surface area (Å²) >= 11 is 0. The Hall–Kier alpha value is -3.12. The average molecular weight is 359 g/mol. The third-order valence-electron chi connectivity index (χ3n) is 5.19. The molecule has 0 fully saturated rings. The van der Waals surface area contributed by atoms with Crippen LogP contribution in [0.1, 0.15) is 22.6 Å². The van der Waals surface area contributed by atoms with Gasteiger partial charge in [0, 0.05) is 18.7 Å². The van der Waals surface area contributed by atoms with Crippen LogP contribution in [-0.4, -0.2) is 31.2 Å². The topological polar surface area (TPSA) is 69.7 Å². The van der Waals surface area contributed by atoms with Crippen LogP contribution in [0.25, 0.3) is 11.0 Å². The summed E-state index contributed by atoms with van der Waals surface area (Å²) in [6.45, 7) is 2.93. The van der Waals surface area contributed by atoms with Gasteiger partial charge in [0.25, 0.3) is 5.56 Å². The molecule has 1 aliphatic heterocycles. The van der Waals surface area contributed by atoms with Crippen LogP contribution in [0, 0.1) is 0 Å². The number of rotatable bonds is 4. The van der Waals surface area contributed by atoms with Crippen molar-refractivity contribution >= 4 is 11.0 Å². The predicted octanol–water partition coefficient (Wildman–Crippen LogP) is 2.66. The molecule has 4 aromatic rings. The Labute approximate surface area is 156 Å². The second-order valence-corrected chi connectivity index (χ2v) is 7.11. The van der Waals surface area contributed by atoms with Crippen LogP contribution in [0.5, 0.6) is 0 Å². The highest BCUT2D eigenvalue weighted by Gasteiger charge is 2.23. The predicted molar refractivity (Wildman–Crippen MR) is 105 cm³/mol. The van der Waals surface area contributed by atoms with Crippen molar-refractivity contribution in [2.75, 3.05) is 6.54 Å². The minimum atomic E-state index is 0.109. The van der Waals surface area contributed by atoms with Crippen molar-refractivity contribution < 1.29 is 0 Å². The van der Waals surface area contributed by atoms with Crippen LogP contribution in [0.4, 0.5) is 0 Å². The first kappa shape index (κ1) is 16.1. The first-order valence-electron chi connectivity index (χ1n) is 9.27. The number of aromatic nitrogens is 4. The van der Waals surface area contributed by atoms with E-state index in [4.69, 9.17) is 0 Å². The van der Waals surface area contributed by atoms with Gasteiger partial charge in [-0.2, -0.15) is 0 Å². The molecule has 27 heavy (non-hydrogen) atoms. The molecule has 0 saturated heterocycles. The van der Waals surface area contributed by atoms with Gasteiger partial charge in [0.15, 0.2) is 0 Å². The minimum absolute atomic E-state index is 0.109. The van der Waals surface area contributed by atoms with Gasteiger partial charge in [-0.05, 0) is 24.1 Å². The van der Waals surface area contributed by atoms with Crippen molar-refractivity contribution in [3.63, 3.8) is 0 Å². The number of nitrogens with zero attached hydrogens (tertiary/aromatic N) is 3. The van der Waals surface area contributed by atoms with Crippen molar-refractivity contribution in [3.8, 4) is 0 Å². The second kappa shape index (κ2) is 6.55. The highest BCUT2D eigenvalue weighted by molar-refractivity contribution is 5.74. The fourth-order valence-corrected chi connectivity index (χ4v) is 3.84. The zero-order valence-electron chi connectivity index (χ0n) is 15.0. The maximum Gasteiger partial charge on any atom is 0.270 e. The Kier molecular flexibility index (Phi) is 3.90. The van der Waals surface area contributed by atoms with Crippen molar-refractivity contribution in [2.24, 2.45) is 0 Å². The fourth-order valence-electron chi connectivity index (χ4n) is 3.84. The lowest BCUT2D eigenvalue weighted by Gasteiger charge is -2.24. The lowest BCUT2D eigenvalue weighted by atomic mass is 10.1. The Morgan fingerprint density at radius 1 is 1.00 bits per heavy atom. The van der Waals surface area contributed by atoms with Crippen LogP contribution < -0.4 is 5.56 Å². The summed E-state index contributed by atoms with van der Waals surface area (Å²) in [5.41, 5.74) is 5.24. The molecule has 0 atom stereocenters. The maximum absolute atomic E-state index is 12.7. The van der Waals surface area contributed by atoms with E-state index in [2.05, 4.69) is 20.0 Å². The summed E-state index contributed by atoms with van der Waals surface area (Å²) in [5.74, 6) is 0.964. The van der Waals surface area contributed by atoms with Gasteiger partial charge in [-0.15, -0.1) is 0 Å². The standard InChI is InChI=1S/C21H21N5O/c27-21-16-10-11-25(14-20-22-17-8-4-5-9-18(17)23-20)13-19(16)24-26(21)12-15-6-2-1-3-7-15/h1-9,24H,10-14H2,(H,22,23). The van der Waals surface area contributed by atoms with E-state index in [1.807, 2.05) is 54.6 Å². The van der Waals surface area contributed by atoms with Gasteiger partial charge >= 0.3 is 0 Å². The summed E-state index contributed by atoms with van der Waals surface area (Å²) in [7, 11) is 0. The van der Waals surface area contributed by atoms with E-state index in [-0.39, 0.29) is 5.56 Å². The number of hydrogen-bond acceptors (Lipinski definition) is 3. The number of H-pyrrole nitrogens is 2. The Morgan fingerprint density at radius 3 is 2.67 bits per heavy atom. The van der Waals surface area contributed by atoms with Crippen molar-refractivity contribution in [3.05, 3.63) is 87.6 Å².